The monoisotopic (exact) mass is 409 g/mol. The first kappa shape index (κ1) is 19.4. The van der Waals surface area contributed by atoms with Crippen LogP contribution in [0, 0.1) is 6.92 Å². The SMILES string of the molecule is COc1ccc(C)c2sc(N(CCN(C)C)C(=O)c3cc4ccccc4o3)nc12. The molecule has 0 radical (unpaired) electrons. The second kappa shape index (κ2) is 7.85. The van der Waals surface area contributed by atoms with Crippen molar-refractivity contribution in [3.63, 3.8) is 0 Å². The molecular weight excluding hydrogens is 386 g/mol. The van der Waals surface area contributed by atoms with Crippen molar-refractivity contribution >= 4 is 43.6 Å². The number of rotatable bonds is 6. The molecule has 0 spiro atoms. The molecule has 0 N–H and O–H groups in total. The molecule has 1 amide bonds. The molecule has 4 aromatic rings. The van der Waals surface area contributed by atoms with E-state index in [9.17, 15) is 4.79 Å². The van der Waals surface area contributed by atoms with Crippen LogP contribution < -0.4 is 9.64 Å². The second-order valence-corrected chi connectivity index (χ2v) is 8.14. The van der Waals surface area contributed by atoms with Gasteiger partial charge in [0.25, 0.3) is 5.91 Å². The molecule has 0 saturated carbocycles. The summed E-state index contributed by atoms with van der Waals surface area (Å²) in [4.78, 5) is 21.9. The highest BCUT2D eigenvalue weighted by atomic mass is 32.1. The maximum absolute atomic E-state index is 13.4. The number of anilines is 1. The molecule has 150 valence electrons. The van der Waals surface area contributed by atoms with Crippen molar-refractivity contribution < 1.29 is 13.9 Å². The van der Waals surface area contributed by atoms with Crippen molar-refractivity contribution in [3.8, 4) is 5.75 Å². The number of thiazole rings is 1. The van der Waals surface area contributed by atoms with E-state index in [-0.39, 0.29) is 5.91 Å². The first-order chi connectivity index (χ1) is 14.0. The quantitative estimate of drug-likeness (QED) is 0.467. The zero-order chi connectivity index (χ0) is 20.5. The molecule has 0 atom stereocenters. The zero-order valence-corrected chi connectivity index (χ0v) is 17.7. The number of hydrogen-bond acceptors (Lipinski definition) is 6. The average Bonchev–Trinajstić information content (AvgIpc) is 3.33. The molecule has 2 aromatic carbocycles. The van der Waals surface area contributed by atoms with Gasteiger partial charge in [-0.25, -0.2) is 4.98 Å². The van der Waals surface area contributed by atoms with Gasteiger partial charge in [-0.2, -0.15) is 0 Å². The summed E-state index contributed by atoms with van der Waals surface area (Å²) in [6.45, 7) is 3.25. The largest absolute Gasteiger partial charge is 0.494 e. The Morgan fingerprint density at radius 1 is 1.17 bits per heavy atom. The van der Waals surface area contributed by atoms with E-state index in [1.807, 2.05) is 62.3 Å². The Balaban J connectivity index is 1.78. The summed E-state index contributed by atoms with van der Waals surface area (Å²) < 4.78 is 12.3. The second-order valence-electron chi connectivity index (χ2n) is 7.17. The Bertz CT molecular complexity index is 1150. The first-order valence-corrected chi connectivity index (χ1v) is 10.2. The third-order valence-electron chi connectivity index (χ3n) is 4.80. The normalized spacial score (nSPS) is 11.5. The van der Waals surface area contributed by atoms with Crippen molar-refractivity contribution in [3.05, 3.63) is 53.8 Å². The standard InChI is InChI=1S/C22H23N3O3S/c1-14-9-10-17(27-4)19-20(14)29-22(23-19)25(12-11-24(2)3)21(26)18-13-15-7-5-6-8-16(15)28-18/h5-10,13H,11-12H2,1-4H3. The van der Waals surface area contributed by atoms with Crippen molar-refractivity contribution in [2.24, 2.45) is 0 Å². The lowest BCUT2D eigenvalue weighted by atomic mass is 10.2. The van der Waals surface area contributed by atoms with Gasteiger partial charge in [0.05, 0.1) is 11.8 Å². The summed E-state index contributed by atoms with van der Waals surface area (Å²) in [7, 11) is 5.59. The van der Waals surface area contributed by atoms with Crippen LogP contribution in [-0.2, 0) is 0 Å². The molecule has 6 nitrogen and oxygen atoms in total. The van der Waals surface area contributed by atoms with Gasteiger partial charge in [0, 0.05) is 18.5 Å². The average molecular weight is 410 g/mol. The lowest BCUT2D eigenvalue weighted by Crippen LogP contribution is -2.36. The molecule has 0 aliphatic rings. The number of aromatic nitrogens is 1. The van der Waals surface area contributed by atoms with Crippen LogP contribution in [-0.4, -0.2) is 50.1 Å². The number of likely N-dealkylation sites (N-methyl/N-ethyl adjacent to an activating group) is 1. The summed E-state index contributed by atoms with van der Waals surface area (Å²) in [6.07, 6.45) is 0. The Morgan fingerprint density at radius 2 is 1.97 bits per heavy atom. The fourth-order valence-electron chi connectivity index (χ4n) is 3.18. The number of ether oxygens (including phenoxy) is 1. The molecule has 0 saturated heterocycles. The topological polar surface area (TPSA) is 58.8 Å². The maximum Gasteiger partial charge on any atom is 0.295 e. The van der Waals surface area contributed by atoms with Crippen molar-refractivity contribution in [1.82, 2.24) is 9.88 Å². The van der Waals surface area contributed by atoms with E-state index < -0.39 is 0 Å². The van der Waals surface area contributed by atoms with E-state index in [2.05, 4.69) is 0 Å². The van der Waals surface area contributed by atoms with Crippen LogP contribution in [0.25, 0.3) is 21.2 Å². The first-order valence-electron chi connectivity index (χ1n) is 9.37. The van der Waals surface area contributed by atoms with Gasteiger partial charge in [0.2, 0.25) is 0 Å². The number of amides is 1. The van der Waals surface area contributed by atoms with E-state index in [1.165, 1.54) is 11.3 Å². The number of carbonyl (C=O) groups is 1. The highest BCUT2D eigenvalue weighted by Gasteiger charge is 2.25. The number of nitrogens with zero attached hydrogens (tertiary/aromatic N) is 3. The zero-order valence-electron chi connectivity index (χ0n) is 16.9. The minimum Gasteiger partial charge on any atom is -0.494 e. The fourth-order valence-corrected chi connectivity index (χ4v) is 4.26. The number of methoxy groups -OCH3 is 1. The molecule has 29 heavy (non-hydrogen) atoms. The van der Waals surface area contributed by atoms with Gasteiger partial charge < -0.3 is 14.1 Å². The van der Waals surface area contributed by atoms with Gasteiger partial charge in [0.1, 0.15) is 16.8 Å². The van der Waals surface area contributed by atoms with Crippen LogP contribution in [0.15, 0.2) is 46.9 Å². The maximum atomic E-state index is 13.4. The number of para-hydroxylation sites is 1. The Hall–Kier alpha value is -2.90. The highest BCUT2D eigenvalue weighted by Crippen LogP contribution is 2.37. The number of aryl methyl sites for hydroxylation is 1. The molecule has 7 heteroatoms. The van der Waals surface area contributed by atoms with Crippen molar-refractivity contribution in [2.45, 2.75) is 6.92 Å². The van der Waals surface area contributed by atoms with Gasteiger partial charge >= 0.3 is 0 Å². The Kier molecular flexibility index (Phi) is 5.25. The molecule has 4 rings (SSSR count). The highest BCUT2D eigenvalue weighted by molar-refractivity contribution is 7.22. The Morgan fingerprint density at radius 3 is 2.69 bits per heavy atom. The van der Waals surface area contributed by atoms with Gasteiger partial charge in [-0.3, -0.25) is 9.69 Å². The molecule has 0 aliphatic carbocycles. The number of carbonyl (C=O) groups excluding carboxylic acids is 1. The van der Waals surface area contributed by atoms with Crippen LogP contribution in [0.4, 0.5) is 5.13 Å². The van der Waals surface area contributed by atoms with E-state index in [0.717, 1.165) is 21.2 Å². The molecule has 0 aliphatic heterocycles. The fraction of sp³-hybridized carbons (Fsp3) is 0.273. The predicted octanol–water partition coefficient (Wildman–Crippen LogP) is 4.57. The Labute approximate surface area is 173 Å². The summed E-state index contributed by atoms with van der Waals surface area (Å²) in [5.74, 6) is 0.823. The summed E-state index contributed by atoms with van der Waals surface area (Å²) in [5.41, 5.74) is 2.58. The smallest absolute Gasteiger partial charge is 0.295 e. The van der Waals surface area contributed by atoms with Crippen LogP contribution >= 0.6 is 11.3 Å². The third kappa shape index (κ3) is 3.71. The van der Waals surface area contributed by atoms with E-state index in [0.29, 0.717) is 35.3 Å². The van der Waals surface area contributed by atoms with Crippen LogP contribution in [0.2, 0.25) is 0 Å². The van der Waals surface area contributed by atoms with Crippen LogP contribution in [0.5, 0.6) is 5.75 Å². The molecule has 0 unspecified atom stereocenters. The summed E-state index contributed by atoms with van der Waals surface area (Å²) >= 11 is 1.50. The van der Waals surface area contributed by atoms with E-state index >= 15 is 0 Å². The predicted molar refractivity (Wildman–Crippen MR) is 117 cm³/mol. The van der Waals surface area contributed by atoms with Crippen molar-refractivity contribution in [2.75, 3.05) is 39.2 Å². The minimum atomic E-state index is -0.196. The number of fused-ring (bicyclic) bond motifs is 2. The molecule has 2 aromatic heterocycles. The molecule has 0 bridgehead atoms. The number of furan rings is 1. The van der Waals surface area contributed by atoms with Crippen LogP contribution in [0.3, 0.4) is 0 Å². The van der Waals surface area contributed by atoms with E-state index in [1.54, 1.807) is 18.1 Å². The van der Waals surface area contributed by atoms with E-state index in [4.69, 9.17) is 14.1 Å². The lowest BCUT2D eigenvalue weighted by molar-refractivity contribution is 0.0960. The lowest BCUT2D eigenvalue weighted by Gasteiger charge is -2.20. The van der Waals surface area contributed by atoms with Gasteiger partial charge in [0.15, 0.2) is 10.9 Å². The number of hydrogen-bond donors (Lipinski definition) is 0. The summed E-state index contributed by atoms with van der Waals surface area (Å²) in [5, 5.41) is 1.55. The van der Waals surface area contributed by atoms with Gasteiger partial charge in [-0.1, -0.05) is 35.6 Å². The summed E-state index contributed by atoms with van der Waals surface area (Å²) in [6, 6.07) is 13.3. The van der Waals surface area contributed by atoms with Crippen LogP contribution in [0.1, 0.15) is 16.1 Å². The van der Waals surface area contributed by atoms with Crippen molar-refractivity contribution in [1.29, 1.82) is 0 Å². The van der Waals surface area contributed by atoms with Gasteiger partial charge in [-0.15, -0.1) is 0 Å². The third-order valence-corrected chi connectivity index (χ3v) is 6.01. The number of benzene rings is 2. The molecule has 2 heterocycles. The molecule has 0 fully saturated rings. The van der Waals surface area contributed by atoms with Gasteiger partial charge in [-0.05, 0) is 44.8 Å². The minimum absolute atomic E-state index is 0.196. The molecular formula is C22H23N3O3S.